The summed E-state index contributed by atoms with van der Waals surface area (Å²) < 4.78 is 0. The van der Waals surface area contributed by atoms with Gasteiger partial charge in [0.15, 0.2) is 0 Å². The molecule has 2 aromatic rings. The summed E-state index contributed by atoms with van der Waals surface area (Å²) in [7, 11) is 0. The van der Waals surface area contributed by atoms with E-state index in [0.717, 1.165) is 10.5 Å². The molecule has 0 bridgehead atoms. The Morgan fingerprint density at radius 2 is 2.00 bits per heavy atom. The molecule has 0 saturated carbocycles. The molecule has 2 amide bonds. The minimum Gasteiger partial charge on any atom is -0.342 e. The predicted octanol–water partition coefficient (Wildman–Crippen LogP) is 1.68. The fraction of sp³-hybridized carbons (Fsp3) is 0.125. The number of rotatable bonds is 6. The highest BCUT2D eigenvalue weighted by Gasteiger charge is 2.07. The number of amides is 2. The summed E-state index contributed by atoms with van der Waals surface area (Å²) in [5.41, 5.74) is 3.49. The van der Waals surface area contributed by atoms with Gasteiger partial charge in [0, 0.05) is 11.1 Å². The fourth-order valence-corrected chi connectivity index (χ4v) is 2.06. The topological polar surface area (TPSA) is 83.5 Å². The number of carbonyl (C=O) groups excluding carboxylic acids is 2. The summed E-state index contributed by atoms with van der Waals surface area (Å²) in [4.78, 5) is 28.4. The number of hydrazone groups is 1. The third kappa shape index (κ3) is 5.55. The molecule has 0 fully saturated rings. The van der Waals surface area contributed by atoms with Gasteiger partial charge in [-0.2, -0.15) is 5.10 Å². The van der Waals surface area contributed by atoms with Crippen molar-refractivity contribution in [2.75, 3.05) is 12.8 Å². The molecule has 0 unspecified atom stereocenters. The lowest BCUT2D eigenvalue weighted by Crippen LogP contribution is -2.35. The highest BCUT2D eigenvalue weighted by molar-refractivity contribution is 7.98. The van der Waals surface area contributed by atoms with E-state index in [-0.39, 0.29) is 12.2 Å². The average Bonchev–Trinajstić information content (AvgIpc) is 2.61. The summed E-state index contributed by atoms with van der Waals surface area (Å²) in [6.45, 7) is -0.168. The second-order valence-corrected chi connectivity index (χ2v) is 5.34. The molecular formula is C16H16N4O2S. The van der Waals surface area contributed by atoms with Gasteiger partial charge in [-0.05, 0) is 36.1 Å². The number of thioether (sulfide) groups is 1. The van der Waals surface area contributed by atoms with Crippen LogP contribution < -0.4 is 10.7 Å². The average molecular weight is 328 g/mol. The van der Waals surface area contributed by atoms with Crippen molar-refractivity contribution < 1.29 is 9.59 Å². The fourth-order valence-electron chi connectivity index (χ4n) is 1.66. The van der Waals surface area contributed by atoms with Crippen molar-refractivity contribution in [1.29, 1.82) is 0 Å². The summed E-state index contributed by atoms with van der Waals surface area (Å²) in [6.07, 6.45) is 5.06. The van der Waals surface area contributed by atoms with Crippen molar-refractivity contribution in [2.45, 2.75) is 4.90 Å². The number of aromatic nitrogens is 1. The van der Waals surface area contributed by atoms with E-state index in [1.165, 1.54) is 6.20 Å². The molecule has 0 atom stereocenters. The molecule has 0 aliphatic heterocycles. The largest absolute Gasteiger partial charge is 0.342 e. The van der Waals surface area contributed by atoms with Crippen molar-refractivity contribution in [2.24, 2.45) is 5.10 Å². The predicted molar refractivity (Wildman–Crippen MR) is 90.5 cm³/mol. The Labute approximate surface area is 138 Å². The molecule has 2 rings (SSSR count). The van der Waals surface area contributed by atoms with Crippen LogP contribution >= 0.6 is 11.8 Å². The van der Waals surface area contributed by atoms with Gasteiger partial charge in [0.1, 0.15) is 5.69 Å². The Morgan fingerprint density at radius 3 is 2.65 bits per heavy atom. The van der Waals surface area contributed by atoms with E-state index in [1.807, 2.05) is 30.5 Å². The molecule has 0 saturated heterocycles. The first kappa shape index (κ1) is 16.7. The van der Waals surface area contributed by atoms with Crippen LogP contribution in [0.3, 0.4) is 0 Å². The van der Waals surface area contributed by atoms with E-state index in [0.29, 0.717) is 0 Å². The Morgan fingerprint density at radius 1 is 1.22 bits per heavy atom. The number of pyridine rings is 1. The van der Waals surface area contributed by atoms with Crippen molar-refractivity contribution in [3.8, 4) is 0 Å². The van der Waals surface area contributed by atoms with E-state index in [4.69, 9.17) is 0 Å². The lowest BCUT2D eigenvalue weighted by molar-refractivity contribution is -0.120. The Balaban J connectivity index is 1.76. The van der Waals surface area contributed by atoms with Crippen molar-refractivity contribution >= 4 is 29.8 Å². The number of nitrogens with one attached hydrogen (secondary N) is 2. The number of hydrogen-bond donors (Lipinski definition) is 2. The van der Waals surface area contributed by atoms with Crippen LogP contribution in [0.1, 0.15) is 16.1 Å². The number of benzene rings is 1. The van der Waals surface area contributed by atoms with Crippen molar-refractivity contribution in [3.05, 3.63) is 59.9 Å². The second kappa shape index (κ2) is 8.70. The smallest absolute Gasteiger partial charge is 0.270 e. The number of carbonyl (C=O) groups is 2. The van der Waals surface area contributed by atoms with Crippen LogP contribution in [0.15, 0.2) is 58.7 Å². The molecule has 23 heavy (non-hydrogen) atoms. The molecule has 0 radical (unpaired) electrons. The zero-order valence-electron chi connectivity index (χ0n) is 12.5. The maximum Gasteiger partial charge on any atom is 0.270 e. The van der Waals surface area contributed by atoms with Gasteiger partial charge >= 0.3 is 0 Å². The number of nitrogens with zero attached hydrogens (tertiary/aromatic N) is 2. The van der Waals surface area contributed by atoms with Gasteiger partial charge in [-0.25, -0.2) is 5.43 Å². The third-order valence-electron chi connectivity index (χ3n) is 2.83. The van der Waals surface area contributed by atoms with Crippen molar-refractivity contribution in [3.63, 3.8) is 0 Å². The molecular weight excluding hydrogens is 312 g/mol. The molecule has 0 aliphatic rings. The molecule has 1 aromatic carbocycles. The van der Waals surface area contributed by atoms with Gasteiger partial charge < -0.3 is 5.32 Å². The van der Waals surface area contributed by atoms with Crippen LogP contribution in [-0.2, 0) is 4.79 Å². The van der Waals surface area contributed by atoms with Gasteiger partial charge in [0.2, 0.25) is 0 Å². The van der Waals surface area contributed by atoms with Crippen LogP contribution in [-0.4, -0.2) is 35.8 Å². The quantitative estimate of drug-likeness (QED) is 0.480. The van der Waals surface area contributed by atoms with Crippen LogP contribution in [0.2, 0.25) is 0 Å². The lowest BCUT2D eigenvalue weighted by Gasteiger charge is -2.03. The van der Waals surface area contributed by atoms with Crippen LogP contribution in [0.4, 0.5) is 0 Å². The summed E-state index contributed by atoms with van der Waals surface area (Å²) in [6, 6.07) is 12.7. The minimum atomic E-state index is -0.411. The van der Waals surface area contributed by atoms with Gasteiger partial charge in [0.05, 0.1) is 12.8 Å². The molecule has 7 heteroatoms. The summed E-state index contributed by atoms with van der Waals surface area (Å²) in [5, 5.41) is 6.32. The third-order valence-corrected chi connectivity index (χ3v) is 3.57. The maximum absolute atomic E-state index is 11.7. The summed E-state index contributed by atoms with van der Waals surface area (Å²) in [5.74, 6) is -0.816. The zero-order chi connectivity index (χ0) is 16.5. The molecule has 0 spiro atoms. The Kier molecular flexibility index (Phi) is 6.31. The molecule has 118 valence electrons. The van der Waals surface area contributed by atoms with Crippen molar-refractivity contribution in [1.82, 2.24) is 15.7 Å². The van der Waals surface area contributed by atoms with Crippen LogP contribution in [0.5, 0.6) is 0 Å². The molecule has 6 nitrogen and oxygen atoms in total. The molecule has 1 aromatic heterocycles. The van der Waals surface area contributed by atoms with E-state index >= 15 is 0 Å². The van der Waals surface area contributed by atoms with Crippen LogP contribution in [0.25, 0.3) is 0 Å². The van der Waals surface area contributed by atoms with Gasteiger partial charge in [0.25, 0.3) is 11.8 Å². The maximum atomic E-state index is 11.7. The highest BCUT2D eigenvalue weighted by atomic mass is 32.2. The summed E-state index contributed by atoms with van der Waals surface area (Å²) >= 11 is 1.65. The molecule has 0 aliphatic carbocycles. The van der Waals surface area contributed by atoms with Gasteiger partial charge in [-0.1, -0.05) is 18.2 Å². The Hall–Kier alpha value is -2.67. The Bertz CT molecular complexity index is 687. The normalized spacial score (nSPS) is 10.5. The minimum absolute atomic E-state index is 0.168. The van der Waals surface area contributed by atoms with E-state index in [1.54, 1.807) is 36.2 Å². The van der Waals surface area contributed by atoms with Crippen LogP contribution in [0, 0.1) is 0 Å². The first-order chi connectivity index (χ1) is 11.2. The first-order valence-corrected chi connectivity index (χ1v) is 8.06. The highest BCUT2D eigenvalue weighted by Crippen LogP contribution is 2.13. The molecule has 1 heterocycles. The van der Waals surface area contributed by atoms with E-state index < -0.39 is 11.8 Å². The SMILES string of the molecule is CSc1ccc(C=NNC(=O)CNC(=O)c2ccccn2)cc1. The lowest BCUT2D eigenvalue weighted by atomic mass is 10.2. The molecule has 2 N–H and O–H groups in total. The number of hydrogen-bond acceptors (Lipinski definition) is 5. The van der Waals surface area contributed by atoms with E-state index in [9.17, 15) is 9.59 Å². The first-order valence-electron chi connectivity index (χ1n) is 6.84. The standard InChI is InChI=1S/C16H16N4O2S/c1-23-13-7-5-12(6-8-13)10-19-20-15(21)11-18-16(22)14-4-2-3-9-17-14/h2-10H,11H2,1H3,(H,18,22)(H,20,21). The van der Waals surface area contributed by atoms with E-state index in [2.05, 4.69) is 20.8 Å². The van der Waals surface area contributed by atoms with Gasteiger partial charge in [-0.3, -0.25) is 14.6 Å². The van der Waals surface area contributed by atoms with Gasteiger partial charge in [-0.15, -0.1) is 11.8 Å². The monoisotopic (exact) mass is 328 g/mol. The zero-order valence-corrected chi connectivity index (χ0v) is 13.3. The second-order valence-electron chi connectivity index (χ2n) is 4.46.